The SMILES string of the molecule is CC(C)(C)c1ccc2c(c1)c1cc(C(C)(C)C)ccc1n2-c1ccccc1C(C)(C)C.CC(C)(C)c1ccccc1.CC(C)(C)c1ccccc1-n1c2ccccc2c2ccccc21.[2H]c1c([2H])c([2H])c(-c2cc(-c3c([2H])c([2H])c([2H])c(C)c3[2H])cc(C(C)(C)C)c2)c([2H])c1[2H].[2H]c1c([2H])c([2H])c(C(C)(C)C)c(C)c1[2H]. The number of rotatable bonds is 4. The lowest BCUT2D eigenvalue weighted by Gasteiger charge is -2.24. The number of nitrogens with zero attached hydrogens (tertiary/aromatic N) is 2. The molecule has 0 N–H and O–H groups in total. The Morgan fingerprint density at radius 2 is 0.633 bits per heavy atom. The van der Waals surface area contributed by atoms with Crippen LogP contribution in [0.3, 0.4) is 0 Å². The molecular formula is C96H112N2. The fourth-order valence-electron chi connectivity index (χ4n) is 12.4. The van der Waals surface area contributed by atoms with Gasteiger partial charge in [0.25, 0.3) is 0 Å². The van der Waals surface area contributed by atoms with Crippen LogP contribution < -0.4 is 0 Å². The lowest BCUT2D eigenvalue weighted by atomic mass is 9.83. The highest BCUT2D eigenvalue weighted by molar-refractivity contribution is 6.11. The first-order valence-corrected chi connectivity index (χ1v) is 34.5. The standard InChI is InChI=1S/C30H37N.C23H24.C22H21N.C11H16.C10H14/c1-28(2,3)20-14-16-25-22(18-20)23-19-21(29(4,5)6)15-17-26(23)31(25)27-13-11-10-12-24(27)30(7,8)9;1-17-9-8-12-19(13-17)21-14-20(18-10-6-5-7-11-18)15-22(16-21)23(2,3)4;1-22(2,3)18-12-6-9-15-21(18)23-19-13-7-4-10-16(19)17-11-5-8-14-20(17)23;1-9-7-5-6-8-10(9)11(2,3)4;1-10(2,3)9-7-5-4-6-8-9/h10-19H,1-9H3;5-16H,1-4H3;4-15H,1-3H3;5-8H,1-4H3;4-8H,1-3H3/i;5D,6D,7D,8D,9D,10D,11D,12D,13D;;5D,6D,7D,8D;. The van der Waals surface area contributed by atoms with E-state index >= 15 is 0 Å². The molecule has 98 heavy (non-hydrogen) atoms. The molecule has 0 radical (unpaired) electrons. The molecule has 0 fully saturated rings. The first kappa shape index (κ1) is 57.0. The van der Waals surface area contributed by atoms with E-state index in [9.17, 15) is 0 Å². The average Bonchev–Trinajstić information content (AvgIpc) is 1.59. The van der Waals surface area contributed by atoms with Crippen LogP contribution in [0.2, 0.25) is 0 Å². The molecule has 0 saturated heterocycles. The topological polar surface area (TPSA) is 9.86 Å². The molecule has 2 heteroatoms. The van der Waals surface area contributed by atoms with Crippen molar-refractivity contribution in [1.82, 2.24) is 9.13 Å². The van der Waals surface area contributed by atoms with E-state index in [2.05, 4.69) is 277 Å². The van der Waals surface area contributed by atoms with Crippen molar-refractivity contribution < 1.29 is 17.8 Å². The van der Waals surface area contributed by atoms with Crippen molar-refractivity contribution in [2.24, 2.45) is 0 Å². The molecular weight excluding hydrogens is 1180 g/mol. The van der Waals surface area contributed by atoms with Gasteiger partial charge in [0.05, 0.1) is 39.9 Å². The number of fused-ring (bicyclic) bond motifs is 6. The fourth-order valence-corrected chi connectivity index (χ4v) is 12.4. The zero-order valence-corrected chi connectivity index (χ0v) is 62.7. The lowest BCUT2D eigenvalue weighted by Crippen LogP contribution is -2.15. The minimum absolute atomic E-state index is 0.0333. The van der Waals surface area contributed by atoms with Crippen LogP contribution in [0.25, 0.3) is 77.2 Å². The van der Waals surface area contributed by atoms with Crippen LogP contribution >= 0.6 is 0 Å². The summed E-state index contributed by atoms with van der Waals surface area (Å²) in [7, 11) is 0. The number of hydrogen-bond donors (Lipinski definition) is 0. The Labute approximate surface area is 609 Å². The van der Waals surface area contributed by atoms with E-state index in [4.69, 9.17) is 17.8 Å². The molecule has 2 aromatic heterocycles. The second-order valence-electron chi connectivity index (χ2n) is 33.1. The first-order chi connectivity index (χ1) is 51.3. The van der Waals surface area contributed by atoms with Crippen LogP contribution in [0.15, 0.2) is 261 Å². The van der Waals surface area contributed by atoms with Gasteiger partial charge in [-0.1, -0.05) is 357 Å². The van der Waals surface area contributed by atoms with Crippen molar-refractivity contribution in [2.45, 2.75) is 197 Å². The maximum Gasteiger partial charge on any atom is 0.0632 e. The van der Waals surface area contributed by atoms with Crippen LogP contribution in [0.1, 0.15) is 213 Å². The van der Waals surface area contributed by atoms with Crippen molar-refractivity contribution in [2.75, 3.05) is 0 Å². The minimum atomic E-state index is -0.474. The van der Waals surface area contributed by atoms with Gasteiger partial charge in [-0.25, -0.2) is 0 Å². The third-order valence-corrected chi connectivity index (χ3v) is 17.9. The predicted octanol–water partition coefficient (Wildman–Crippen LogP) is 27.7. The highest BCUT2D eigenvalue weighted by Crippen LogP contribution is 2.42. The Bertz CT molecular complexity index is 5330. The average molecular weight is 1310 g/mol. The quantitative estimate of drug-likeness (QED) is 0.166. The summed E-state index contributed by atoms with van der Waals surface area (Å²) in [5.74, 6) is 0. The van der Waals surface area contributed by atoms with Crippen molar-refractivity contribution in [3.05, 3.63) is 311 Å². The van der Waals surface area contributed by atoms with Crippen molar-refractivity contribution in [3.8, 4) is 33.6 Å². The van der Waals surface area contributed by atoms with Crippen molar-refractivity contribution in [1.29, 1.82) is 0 Å². The van der Waals surface area contributed by atoms with Crippen LogP contribution in [0.5, 0.6) is 0 Å². The van der Waals surface area contributed by atoms with E-state index in [-0.39, 0.29) is 110 Å². The Morgan fingerprint density at radius 1 is 0.255 bits per heavy atom. The number of aromatic nitrogens is 2. The smallest absolute Gasteiger partial charge is 0.0632 e. The summed E-state index contributed by atoms with van der Waals surface area (Å²) < 4.78 is 109. The van der Waals surface area contributed by atoms with Gasteiger partial charge in [0.15, 0.2) is 0 Å². The highest BCUT2D eigenvalue weighted by Gasteiger charge is 2.26. The summed E-state index contributed by atoms with van der Waals surface area (Å²) in [6.45, 7) is 49.3. The largest absolute Gasteiger partial charge is 0.309 e. The van der Waals surface area contributed by atoms with Gasteiger partial charge in [0.2, 0.25) is 0 Å². The number of para-hydroxylation sites is 4. The lowest BCUT2D eigenvalue weighted by molar-refractivity contribution is 0.586. The third-order valence-electron chi connectivity index (χ3n) is 17.9. The summed E-state index contributed by atoms with van der Waals surface area (Å²) in [4.78, 5) is 0. The third kappa shape index (κ3) is 17.5. The first-order valence-electron chi connectivity index (χ1n) is 41.0. The Morgan fingerprint density at radius 3 is 1.07 bits per heavy atom. The van der Waals surface area contributed by atoms with E-state index in [1.165, 1.54) is 82.8 Å². The van der Waals surface area contributed by atoms with Crippen LogP contribution in [0, 0.1) is 13.8 Å². The molecule has 0 amide bonds. The van der Waals surface area contributed by atoms with E-state index in [1.54, 1.807) is 32.0 Å². The van der Waals surface area contributed by atoms with Gasteiger partial charge in [-0.05, 0) is 173 Å². The Balaban J connectivity index is 0.000000167. The zero-order chi connectivity index (χ0) is 82.7. The van der Waals surface area contributed by atoms with Gasteiger partial charge in [0.1, 0.15) is 0 Å². The molecule has 2 heterocycles. The monoisotopic (exact) mass is 1310 g/mol. The van der Waals surface area contributed by atoms with Crippen LogP contribution in [-0.2, 0) is 37.9 Å². The van der Waals surface area contributed by atoms with Gasteiger partial charge in [-0.15, -0.1) is 0 Å². The van der Waals surface area contributed by atoms with Gasteiger partial charge in [0, 0.05) is 32.9 Å². The molecule has 13 aromatic rings. The molecule has 0 aliphatic carbocycles. The summed E-state index contributed by atoms with van der Waals surface area (Å²) in [5.41, 5.74) is 18.1. The molecule has 0 saturated carbocycles. The summed E-state index contributed by atoms with van der Waals surface area (Å²) in [6, 6.07) is 61.9. The van der Waals surface area contributed by atoms with E-state index < -0.39 is 18.1 Å². The van der Waals surface area contributed by atoms with Gasteiger partial charge in [-0.3, -0.25) is 0 Å². The predicted molar refractivity (Wildman–Crippen MR) is 432 cm³/mol. The summed E-state index contributed by atoms with van der Waals surface area (Å²) in [5, 5.41) is 5.31. The Hall–Kier alpha value is -8.98. The molecule has 11 aromatic carbocycles. The number of hydrogen-bond acceptors (Lipinski definition) is 0. The molecule has 0 aliphatic heterocycles. The maximum atomic E-state index is 8.51. The molecule has 506 valence electrons. The highest BCUT2D eigenvalue weighted by atomic mass is 15.0. The summed E-state index contributed by atoms with van der Waals surface area (Å²) >= 11 is 0. The molecule has 13 rings (SSSR count). The molecule has 0 atom stereocenters. The van der Waals surface area contributed by atoms with Crippen molar-refractivity contribution in [3.63, 3.8) is 0 Å². The second-order valence-corrected chi connectivity index (χ2v) is 33.1. The van der Waals surface area contributed by atoms with E-state index in [0.29, 0.717) is 27.7 Å². The normalized spacial score (nSPS) is 14.1. The molecule has 2 nitrogen and oxygen atoms in total. The molecule has 0 bridgehead atoms. The van der Waals surface area contributed by atoms with Gasteiger partial charge in [-0.2, -0.15) is 0 Å². The van der Waals surface area contributed by atoms with E-state index in [1.807, 2.05) is 41.5 Å². The van der Waals surface area contributed by atoms with Crippen LogP contribution in [0.4, 0.5) is 0 Å². The minimum Gasteiger partial charge on any atom is -0.309 e. The fraction of sp³-hybridized carbons (Fsp3) is 0.312. The molecule has 0 aliphatic rings. The van der Waals surface area contributed by atoms with Gasteiger partial charge >= 0.3 is 0 Å². The van der Waals surface area contributed by atoms with E-state index in [0.717, 1.165) is 5.56 Å². The molecule has 0 spiro atoms. The maximum absolute atomic E-state index is 8.51. The van der Waals surface area contributed by atoms with Gasteiger partial charge < -0.3 is 9.13 Å². The zero-order valence-electron chi connectivity index (χ0n) is 75.7. The van der Waals surface area contributed by atoms with Crippen LogP contribution in [-0.4, -0.2) is 9.13 Å². The second kappa shape index (κ2) is 29.2. The Kier molecular flexibility index (Phi) is 17.0. The number of benzene rings is 11. The van der Waals surface area contributed by atoms with Crippen molar-refractivity contribution >= 4 is 43.6 Å². The summed E-state index contributed by atoms with van der Waals surface area (Å²) in [6.07, 6.45) is 0. The molecule has 0 unspecified atom stereocenters.